The highest BCUT2D eigenvalue weighted by molar-refractivity contribution is 7.89. The van der Waals surface area contributed by atoms with Gasteiger partial charge in [-0.3, -0.25) is 4.79 Å². The number of nitrogens with one attached hydrogen (secondary N) is 2. The number of amides is 1. The number of rotatable bonds is 6. The summed E-state index contributed by atoms with van der Waals surface area (Å²) in [7, 11) is -0.605. The quantitative estimate of drug-likeness (QED) is 0.717. The molecular formula is C16H26N4O3S. The molecular weight excluding hydrogens is 328 g/mol. The summed E-state index contributed by atoms with van der Waals surface area (Å²) in [5.41, 5.74) is 7.05. The number of benzene rings is 1. The van der Waals surface area contributed by atoms with Crippen LogP contribution in [0.2, 0.25) is 0 Å². The van der Waals surface area contributed by atoms with Gasteiger partial charge in [-0.1, -0.05) is 0 Å². The van der Waals surface area contributed by atoms with Crippen molar-refractivity contribution in [3.63, 3.8) is 0 Å². The number of sulfonamides is 1. The summed E-state index contributed by atoms with van der Waals surface area (Å²) in [4.78, 5) is 12.6. The lowest BCUT2D eigenvalue weighted by atomic mass is 10.1. The fraction of sp³-hybridized carbons (Fsp3) is 0.562. The first-order valence-electron chi connectivity index (χ1n) is 8.12. The second-order valence-electron chi connectivity index (χ2n) is 6.28. The highest BCUT2D eigenvalue weighted by atomic mass is 32.2. The number of nitrogens with two attached hydrogens (primary N) is 1. The SMILES string of the molecule is CCNc1ccc(S(=O)(=O)N(C)C)cc1NC(=O)C1CCC(N)C1. The van der Waals surface area contributed by atoms with Gasteiger partial charge in [0.25, 0.3) is 0 Å². The molecule has 2 rings (SSSR count). The van der Waals surface area contributed by atoms with Gasteiger partial charge in [-0.05, 0) is 44.4 Å². The van der Waals surface area contributed by atoms with E-state index >= 15 is 0 Å². The van der Waals surface area contributed by atoms with Crippen molar-refractivity contribution in [3.05, 3.63) is 18.2 Å². The molecule has 2 unspecified atom stereocenters. The molecule has 0 saturated heterocycles. The third-order valence-electron chi connectivity index (χ3n) is 4.24. The minimum Gasteiger partial charge on any atom is -0.384 e. The Bertz CT molecular complexity index is 703. The lowest BCUT2D eigenvalue weighted by Crippen LogP contribution is -2.25. The largest absolute Gasteiger partial charge is 0.384 e. The van der Waals surface area contributed by atoms with Crippen molar-refractivity contribution < 1.29 is 13.2 Å². The van der Waals surface area contributed by atoms with Gasteiger partial charge in [0.15, 0.2) is 0 Å². The Morgan fingerprint density at radius 2 is 2.00 bits per heavy atom. The van der Waals surface area contributed by atoms with Crippen LogP contribution in [0.5, 0.6) is 0 Å². The molecule has 1 aromatic rings. The molecule has 1 aliphatic rings. The second kappa shape index (κ2) is 7.50. The zero-order chi connectivity index (χ0) is 17.9. The van der Waals surface area contributed by atoms with Crippen LogP contribution in [0.15, 0.2) is 23.1 Å². The second-order valence-corrected chi connectivity index (χ2v) is 8.44. The van der Waals surface area contributed by atoms with E-state index in [1.54, 1.807) is 6.07 Å². The molecule has 7 nitrogen and oxygen atoms in total. The van der Waals surface area contributed by atoms with Crippen molar-refractivity contribution in [2.45, 2.75) is 37.1 Å². The van der Waals surface area contributed by atoms with Crippen molar-refractivity contribution in [3.8, 4) is 0 Å². The molecule has 24 heavy (non-hydrogen) atoms. The molecule has 134 valence electrons. The Morgan fingerprint density at radius 1 is 1.29 bits per heavy atom. The molecule has 0 spiro atoms. The molecule has 0 aliphatic heterocycles. The molecule has 8 heteroatoms. The predicted molar refractivity (Wildman–Crippen MR) is 95.4 cm³/mol. The number of carbonyl (C=O) groups excluding carboxylic acids is 1. The lowest BCUT2D eigenvalue weighted by molar-refractivity contribution is -0.119. The average molecular weight is 354 g/mol. The number of nitrogens with zero attached hydrogens (tertiary/aromatic N) is 1. The van der Waals surface area contributed by atoms with E-state index in [2.05, 4.69) is 10.6 Å². The molecule has 0 bridgehead atoms. The van der Waals surface area contributed by atoms with Crippen molar-refractivity contribution in [2.24, 2.45) is 11.7 Å². The highest BCUT2D eigenvalue weighted by Crippen LogP contribution is 2.30. The Kier molecular flexibility index (Phi) is 5.84. The fourth-order valence-corrected chi connectivity index (χ4v) is 3.76. The highest BCUT2D eigenvalue weighted by Gasteiger charge is 2.28. The van der Waals surface area contributed by atoms with E-state index in [4.69, 9.17) is 5.73 Å². The third kappa shape index (κ3) is 4.06. The Balaban J connectivity index is 2.30. The number of hydrogen-bond acceptors (Lipinski definition) is 5. The van der Waals surface area contributed by atoms with E-state index in [1.165, 1.54) is 26.2 Å². The van der Waals surface area contributed by atoms with Crippen LogP contribution < -0.4 is 16.4 Å². The minimum absolute atomic E-state index is 0.0643. The molecule has 1 aliphatic carbocycles. The van der Waals surface area contributed by atoms with Gasteiger partial charge in [0.1, 0.15) is 0 Å². The maximum Gasteiger partial charge on any atom is 0.242 e. The molecule has 1 fully saturated rings. The Morgan fingerprint density at radius 3 is 2.54 bits per heavy atom. The fourth-order valence-electron chi connectivity index (χ4n) is 2.83. The van der Waals surface area contributed by atoms with Crippen LogP contribution in [0.25, 0.3) is 0 Å². The van der Waals surface area contributed by atoms with Crippen LogP contribution in [0.4, 0.5) is 11.4 Å². The maximum atomic E-state index is 12.5. The smallest absolute Gasteiger partial charge is 0.242 e. The first kappa shape index (κ1) is 18.7. The van der Waals surface area contributed by atoms with Gasteiger partial charge in [-0.2, -0.15) is 0 Å². The average Bonchev–Trinajstić information content (AvgIpc) is 2.95. The van der Waals surface area contributed by atoms with Gasteiger partial charge >= 0.3 is 0 Å². The monoisotopic (exact) mass is 354 g/mol. The molecule has 1 aromatic carbocycles. The Labute approximate surface area is 143 Å². The zero-order valence-electron chi connectivity index (χ0n) is 14.4. The first-order chi connectivity index (χ1) is 11.3. The van der Waals surface area contributed by atoms with Crippen LogP contribution in [-0.4, -0.2) is 45.3 Å². The standard InChI is InChI=1S/C16H26N4O3S/c1-4-18-14-8-7-13(24(22,23)20(2)3)10-15(14)19-16(21)11-5-6-12(17)9-11/h7-8,10-12,18H,4-6,9,17H2,1-3H3,(H,19,21). The normalized spacial score (nSPS) is 21.0. The van der Waals surface area contributed by atoms with Crippen molar-refractivity contribution in [1.29, 1.82) is 0 Å². The topological polar surface area (TPSA) is 105 Å². The van der Waals surface area contributed by atoms with Crippen LogP contribution in [0, 0.1) is 5.92 Å². The Hall–Kier alpha value is -1.64. The summed E-state index contributed by atoms with van der Waals surface area (Å²) >= 11 is 0. The molecule has 1 saturated carbocycles. The zero-order valence-corrected chi connectivity index (χ0v) is 15.2. The van der Waals surface area contributed by atoms with Gasteiger partial charge in [-0.15, -0.1) is 0 Å². The van der Waals surface area contributed by atoms with Crippen molar-refractivity contribution in [2.75, 3.05) is 31.3 Å². The van der Waals surface area contributed by atoms with Crippen LogP contribution >= 0.6 is 0 Å². The number of anilines is 2. The maximum absolute atomic E-state index is 12.5. The summed E-state index contributed by atoms with van der Waals surface area (Å²) in [5, 5.41) is 6.01. The summed E-state index contributed by atoms with van der Waals surface area (Å²) in [6, 6.07) is 4.78. The van der Waals surface area contributed by atoms with Crippen molar-refractivity contribution in [1.82, 2.24) is 4.31 Å². The van der Waals surface area contributed by atoms with Crippen LogP contribution in [0.1, 0.15) is 26.2 Å². The van der Waals surface area contributed by atoms with Crippen LogP contribution in [-0.2, 0) is 14.8 Å². The van der Waals surface area contributed by atoms with E-state index in [0.29, 0.717) is 24.3 Å². The van der Waals surface area contributed by atoms with E-state index in [1.807, 2.05) is 6.92 Å². The van der Waals surface area contributed by atoms with Gasteiger partial charge < -0.3 is 16.4 Å². The van der Waals surface area contributed by atoms with E-state index < -0.39 is 10.0 Å². The van der Waals surface area contributed by atoms with Gasteiger partial charge in [0.2, 0.25) is 15.9 Å². The summed E-state index contributed by atoms with van der Waals surface area (Å²) in [5.74, 6) is -0.231. The van der Waals surface area contributed by atoms with Gasteiger partial charge in [0, 0.05) is 32.6 Å². The lowest BCUT2D eigenvalue weighted by Gasteiger charge is -2.18. The number of carbonyl (C=O) groups is 1. The van der Waals surface area contributed by atoms with E-state index in [9.17, 15) is 13.2 Å². The molecule has 4 N–H and O–H groups in total. The summed E-state index contributed by atoms with van der Waals surface area (Å²) < 4.78 is 25.8. The summed E-state index contributed by atoms with van der Waals surface area (Å²) in [6.45, 7) is 2.60. The van der Waals surface area contributed by atoms with Gasteiger partial charge in [0.05, 0.1) is 16.3 Å². The van der Waals surface area contributed by atoms with Gasteiger partial charge in [-0.25, -0.2) is 12.7 Å². The predicted octanol–water partition coefficient (Wildman–Crippen LogP) is 1.43. The first-order valence-corrected chi connectivity index (χ1v) is 9.56. The molecule has 0 radical (unpaired) electrons. The molecule has 1 amide bonds. The molecule has 0 aromatic heterocycles. The number of hydrogen-bond donors (Lipinski definition) is 3. The van der Waals surface area contributed by atoms with Crippen molar-refractivity contribution >= 4 is 27.3 Å². The summed E-state index contributed by atoms with van der Waals surface area (Å²) in [6.07, 6.45) is 2.27. The minimum atomic E-state index is -3.56. The molecule has 0 heterocycles. The molecule has 2 atom stereocenters. The van der Waals surface area contributed by atoms with Crippen LogP contribution in [0.3, 0.4) is 0 Å². The van der Waals surface area contributed by atoms with E-state index in [0.717, 1.165) is 17.1 Å². The van der Waals surface area contributed by atoms with E-state index in [-0.39, 0.29) is 22.8 Å². The third-order valence-corrected chi connectivity index (χ3v) is 6.05.